The monoisotopic (exact) mass is 264 g/mol. The van der Waals surface area contributed by atoms with Gasteiger partial charge in [-0.2, -0.15) is 0 Å². The molecule has 2 unspecified atom stereocenters. The van der Waals surface area contributed by atoms with Gasteiger partial charge in [0.25, 0.3) is 0 Å². The molecule has 3 rings (SSSR count). The van der Waals surface area contributed by atoms with Crippen molar-refractivity contribution in [1.29, 1.82) is 0 Å². The maximum absolute atomic E-state index is 11.8. The highest BCUT2D eigenvalue weighted by Crippen LogP contribution is 2.60. The Bertz CT molecular complexity index is 452. The van der Waals surface area contributed by atoms with Crippen LogP contribution in [0, 0.1) is 5.92 Å². The first-order valence-corrected chi connectivity index (χ1v) is 6.26. The fourth-order valence-corrected chi connectivity index (χ4v) is 3.36. The number of carbonyl (C=O) groups excluding carboxylic acids is 1. The van der Waals surface area contributed by atoms with E-state index in [2.05, 4.69) is 35.0 Å². The predicted octanol–water partition coefficient (Wildman–Crippen LogP) is 3.70. The van der Waals surface area contributed by atoms with Gasteiger partial charge in [0.2, 0.25) is 0 Å². The molecular weight excluding hydrogens is 252 g/mol. The summed E-state index contributed by atoms with van der Waals surface area (Å²) in [5.74, 6) is 1.07. The highest BCUT2D eigenvalue weighted by atomic mass is 79.9. The first-order valence-electron chi connectivity index (χ1n) is 5.47. The minimum atomic E-state index is 0.316. The second kappa shape index (κ2) is 2.94. The van der Waals surface area contributed by atoms with E-state index < -0.39 is 0 Å². The highest BCUT2D eigenvalue weighted by molar-refractivity contribution is 9.10. The molecule has 1 spiro atoms. The molecule has 0 aliphatic heterocycles. The lowest BCUT2D eigenvalue weighted by Crippen LogP contribution is -2.22. The fourth-order valence-electron chi connectivity index (χ4n) is 3.00. The van der Waals surface area contributed by atoms with Crippen molar-refractivity contribution in [2.75, 3.05) is 0 Å². The third-order valence-corrected chi connectivity index (χ3v) is 4.56. The molecule has 0 heterocycles. The van der Waals surface area contributed by atoms with Crippen LogP contribution in [0.2, 0.25) is 0 Å². The Labute approximate surface area is 98.0 Å². The van der Waals surface area contributed by atoms with Crippen molar-refractivity contribution in [3.05, 3.63) is 33.8 Å². The summed E-state index contributed by atoms with van der Waals surface area (Å²) in [6.07, 6.45) is 3.05. The van der Waals surface area contributed by atoms with Gasteiger partial charge in [-0.3, -0.25) is 4.79 Å². The van der Waals surface area contributed by atoms with Crippen LogP contribution >= 0.6 is 15.9 Å². The Morgan fingerprint density at radius 3 is 2.87 bits per heavy atom. The van der Waals surface area contributed by atoms with Crippen LogP contribution in [-0.2, 0) is 5.41 Å². The van der Waals surface area contributed by atoms with Crippen molar-refractivity contribution in [3.8, 4) is 0 Å². The molecule has 1 saturated carbocycles. The van der Waals surface area contributed by atoms with Crippen molar-refractivity contribution < 1.29 is 4.79 Å². The third kappa shape index (κ3) is 1.24. The predicted molar refractivity (Wildman–Crippen MR) is 63.2 cm³/mol. The Morgan fingerprint density at radius 2 is 2.20 bits per heavy atom. The molecule has 2 aliphatic rings. The normalized spacial score (nSPS) is 32.9. The minimum absolute atomic E-state index is 0.316. The molecule has 1 nitrogen and oxygen atoms in total. The van der Waals surface area contributed by atoms with E-state index in [9.17, 15) is 4.79 Å². The van der Waals surface area contributed by atoms with Crippen LogP contribution in [0.3, 0.4) is 0 Å². The number of hydrogen-bond acceptors (Lipinski definition) is 1. The van der Waals surface area contributed by atoms with Crippen LogP contribution in [0.15, 0.2) is 22.7 Å². The van der Waals surface area contributed by atoms with Crippen molar-refractivity contribution in [2.45, 2.75) is 31.6 Å². The smallest absolute Gasteiger partial charge is 0.163 e. The van der Waals surface area contributed by atoms with E-state index in [0.717, 1.165) is 28.8 Å². The van der Waals surface area contributed by atoms with Gasteiger partial charge in [0.05, 0.1) is 0 Å². The number of benzene rings is 1. The largest absolute Gasteiger partial charge is 0.294 e. The summed E-state index contributed by atoms with van der Waals surface area (Å²) < 4.78 is 1.01. The minimum Gasteiger partial charge on any atom is -0.294 e. The maximum Gasteiger partial charge on any atom is 0.163 e. The van der Waals surface area contributed by atoms with Gasteiger partial charge in [-0.05, 0) is 41.9 Å². The van der Waals surface area contributed by atoms with Crippen molar-refractivity contribution in [2.24, 2.45) is 5.92 Å². The molecule has 0 saturated heterocycles. The van der Waals surface area contributed by atoms with Crippen LogP contribution in [0.1, 0.15) is 42.1 Å². The van der Waals surface area contributed by atoms with Gasteiger partial charge in [0.15, 0.2) is 5.78 Å². The summed E-state index contributed by atoms with van der Waals surface area (Å²) in [6, 6.07) is 6.19. The summed E-state index contributed by atoms with van der Waals surface area (Å²) in [4.78, 5) is 11.8. The number of ketones is 1. The van der Waals surface area contributed by atoms with Crippen LogP contribution in [0.5, 0.6) is 0 Å². The van der Waals surface area contributed by atoms with Gasteiger partial charge in [-0.25, -0.2) is 0 Å². The molecule has 1 fully saturated rings. The molecule has 1 aromatic rings. The molecule has 2 aliphatic carbocycles. The van der Waals surface area contributed by atoms with Crippen LogP contribution in [0.25, 0.3) is 0 Å². The lowest BCUT2D eigenvalue weighted by Gasteiger charge is -2.25. The number of Topliss-reactive ketones (excluding diaryl/α,β-unsaturated/α-hetero) is 1. The van der Waals surface area contributed by atoms with Crippen LogP contribution in [-0.4, -0.2) is 5.78 Å². The maximum atomic E-state index is 11.8. The first-order chi connectivity index (χ1) is 7.13. The van der Waals surface area contributed by atoms with E-state index >= 15 is 0 Å². The van der Waals surface area contributed by atoms with Gasteiger partial charge in [0, 0.05) is 16.5 Å². The van der Waals surface area contributed by atoms with Gasteiger partial charge < -0.3 is 0 Å². The summed E-state index contributed by atoms with van der Waals surface area (Å²) in [6.45, 7) is 2.29. The standard InChI is InChI=1S/C13H13BrO/c1-8-7-13(8)5-4-12(15)10-6-9(14)2-3-11(10)13/h2-3,6,8H,4-5,7H2,1H3. The summed E-state index contributed by atoms with van der Waals surface area (Å²) in [5.41, 5.74) is 2.61. The van der Waals surface area contributed by atoms with E-state index in [-0.39, 0.29) is 0 Å². The SMILES string of the molecule is CC1CC12CCC(=O)c1cc(Br)ccc12. The van der Waals surface area contributed by atoms with Gasteiger partial charge in [0.1, 0.15) is 0 Å². The van der Waals surface area contributed by atoms with E-state index in [1.165, 1.54) is 12.0 Å². The molecule has 0 radical (unpaired) electrons. The van der Waals surface area contributed by atoms with Crippen LogP contribution in [0.4, 0.5) is 0 Å². The Kier molecular flexibility index (Phi) is 1.88. The molecule has 0 bridgehead atoms. The van der Waals surface area contributed by atoms with E-state index in [4.69, 9.17) is 0 Å². The number of halogens is 1. The molecule has 0 aromatic heterocycles. The summed E-state index contributed by atoms with van der Waals surface area (Å²) in [7, 11) is 0. The molecule has 2 atom stereocenters. The number of fused-ring (bicyclic) bond motifs is 2. The molecule has 78 valence electrons. The molecule has 1 aromatic carbocycles. The quantitative estimate of drug-likeness (QED) is 0.699. The van der Waals surface area contributed by atoms with E-state index in [1.807, 2.05) is 6.07 Å². The summed E-state index contributed by atoms with van der Waals surface area (Å²) >= 11 is 3.44. The zero-order chi connectivity index (χ0) is 10.6. The van der Waals surface area contributed by atoms with Crippen molar-refractivity contribution in [1.82, 2.24) is 0 Å². The van der Waals surface area contributed by atoms with Gasteiger partial charge >= 0.3 is 0 Å². The first kappa shape index (κ1) is 9.59. The number of rotatable bonds is 0. The van der Waals surface area contributed by atoms with Crippen LogP contribution < -0.4 is 0 Å². The second-order valence-electron chi connectivity index (χ2n) is 4.87. The average Bonchev–Trinajstić information content (AvgIpc) is 2.85. The van der Waals surface area contributed by atoms with Crippen molar-refractivity contribution >= 4 is 21.7 Å². The Balaban J connectivity index is 2.19. The number of carbonyl (C=O) groups is 1. The van der Waals surface area contributed by atoms with E-state index in [1.54, 1.807) is 0 Å². The zero-order valence-electron chi connectivity index (χ0n) is 8.72. The average molecular weight is 265 g/mol. The Morgan fingerprint density at radius 1 is 1.47 bits per heavy atom. The molecule has 0 amide bonds. The fraction of sp³-hybridized carbons (Fsp3) is 0.462. The Hall–Kier alpha value is -0.630. The number of hydrogen-bond donors (Lipinski definition) is 0. The molecular formula is C13H13BrO. The van der Waals surface area contributed by atoms with E-state index in [0.29, 0.717) is 11.2 Å². The third-order valence-electron chi connectivity index (χ3n) is 4.07. The molecule has 2 heteroatoms. The van der Waals surface area contributed by atoms with Gasteiger partial charge in [-0.1, -0.05) is 28.9 Å². The summed E-state index contributed by atoms with van der Waals surface area (Å²) in [5, 5.41) is 0. The van der Waals surface area contributed by atoms with Crippen molar-refractivity contribution in [3.63, 3.8) is 0 Å². The second-order valence-corrected chi connectivity index (χ2v) is 5.79. The van der Waals surface area contributed by atoms with Gasteiger partial charge in [-0.15, -0.1) is 0 Å². The molecule has 15 heavy (non-hydrogen) atoms. The lowest BCUT2D eigenvalue weighted by molar-refractivity contribution is 0.0963. The zero-order valence-corrected chi connectivity index (χ0v) is 10.3. The lowest BCUT2D eigenvalue weighted by atomic mass is 9.78. The highest BCUT2D eigenvalue weighted by Gasteiger charge is 2.54. The molecule has 0 N–H and O–H groups in total. The topological polar surface area (TPSA) is 17.1 Å².